The van der Waals surface area contributed by atoms with Gasteiger partial charge in [0, 0.05) is 28.1 Å². The van der Waals surface area contributed by atoms with Gasteiger partial charge in [0.15, 0.2) is 0 Å². The molecule has 2 aromatic carbocycles. The SMILES string of the molecule is COc1ccccc1C1CC(=O)N(c2ccc(Br)cc2)C2=C1C(=O)OC2. The van der Waals surface area contributed by atoms with Gasteiger partial charge in [-0.3, -0.25) is 9.69 Å². The van der Waals surface area contributed by atoms with Gasteiger partial charge in [-0.15, -0.1) is 0 Å². The van der Waals surface area contributed by atoms with Gasteiger partial charge in [-0.2, -0.15) is 0 Å². The molecule has 0 bridgehead atoms. The number of esters is 1. The lowest BCUT2D eigenvalue weighted by atomic mass is 9.83. The molecule has 0 saturated heterocycles. The third kappa shape index (κ3) is 2.70. The van der Waals surface area contributed by atoms with Crippen LogP contribution < -0.4 is 9.64 Å². The van der Waals surface area contributed by atoms with Crippen LogP contribution in [-0.2, 0) is 14.3 Å². The van der Waals surface area contributed by atoms with Crippen molar-refractivity contribution in [1.29, 1.82) is 0 Å². The topological polar surface area (TPSA) is 55.8 Å². The molecule has 132 valence electrons. The van der Waals surface area contributed by atoms with E-state index < -0.39 is 0 Å². The van der Waals surface area contributed by atoms with Gasteiger partial charge in [0.1, 0.15) is 12.4 Å². The number of nitrogens with zero attached hydrogens (tertiary/aromatic N) is 1. The van der Waals surface area contributed by atoms with Crippen LogP contribution in [-0.4, -0.2) is 25.6 Å². The molecule has 1 amide bonds. The molecule has 2 aliphatic heterocycles. The average Bonchev–Trinajstić information content (AvgIpc) is 3.04. The van der Waals surface area contributed by atoms with E-state index in [2.05, 4.69) is 15.9 Å². The Morgan fingerprint density at radius 2 is 1.85 bits per heavy atom. The quantitative estimate of drug-likeness (QED) is 0.718. The van der Waals surface area contributed by atoms with Crippen molar-refractivity contribution in [2.24, 2.45) is 0 Å². The number of methoxy groups -OCH3 is 1. The van der Waals surface area contributed by atoms with E-state index in [1.807, 2.05) is 48.5 Å². The van der Waals surface area contributed by atoms with Crippen molar-refractivity contribution in [1.82, 2.24) is 0 Å². The highest BCUT2D eigenvalue weighted by molar-refractivity contribution is 9.10. The summed E-state index contributed by atoms with van der Waals surface area (Å²) in [7, 11) is 1.58. The number of carbonyl (C=O) groups is 2. The van der Waals surface area contributed by atoms with Gasteiger partial charge in [-0.05, 0) is 30.3 Å². The van der Waals surface area contributed by atoms with Crippen LogP contribution in [0.5, 0.6) is 5.75 Å². The summed E-state index contributed by atoms with van der Waals surface area (Å²) in [4.78, 5) is 27.0. The number of anilines is 1. The number of amides is 1. The van der Waals surface area contributed by atoms with E-state index in [-0.39, 0.29) is 30.8 Å². The fraction of sp³-hybridized carbons (Fsp3) is 0.200. The van der Waals surface area contributed by atoms with Gasteiger partial charge in [0.2, 0.25) is 5.91 Å². The second kappa shape index (κ2) is 6.61. The minimum absolute atomic E-state index is 0.0692. The first-order valence-electron chi connectivity index (χ1n) is 8.21. The molecule has 0 saturated carbocycles. The zero-order valence-corrected chi connectivity index (χ0v) is 15.7. The van der Waals surface area contributed by atoms with Crippen LogP contribution in [0.15, 0.2) is 64.3 Å². The van der Waals surface area contributed by atoms with Crippen molar-refractivity contribution in [2.45, 2.75) is 12.3 Å². The molecule has 0 radical (unpaired) electrons. The number of halogens is 1. The van der Waals surface area contributed by atoms with Crippen LogP contribution in [0.1, 0.15) is 17.9 Å². The molecule has 2 aromatic rings. The van der Waals surface area contributed by atoms with Gasteiger partial charge in [0.25, 0.3) is 0 Å². The van der Waals surface area contributed by atoms with E-state index in [0.29, 0.717) is 17.0 Å². The monoisotopic (exact) mass is 413 g/mol. The number of hydrogen-bond acceptors (Lipinski definition) is 4. The summed E-state index contributed by atoms with van der Waals surface area (Å²) in [5.74, 6) is -0.143. The summed E-state index contributed by atoms with van der Waals surface area (Å²) >= 11 is 3.40. The fourth-order valence-corrected chi connectivity index (χ4v) is 3.83. The van der Waals surface area contributed by atoms with Crippen LogP contribution in [0.4, 0.5) is 5.69 Å². The summed E-state index contributed by atoms with van der Waals surface area (Å²) in [5, 5.41) is 0. The van der Waals surface area contributed by atoms with E-state index in [1.54, 1.807) is 12.0 Å². The Labute approximate surface area is 159 Å². The first-order chi connectivity index (χ1) is 12.6. The molecule has 1 unspecified atom stereocenters. The summed E-state index contributed by atoms with van der Waals surface area (Å²) in [6.45, 7) is 0.0988. The second-order valence-electron chi connectivity index (χ2n) is 6.14. The first kappa shape index (κ1) is 16.8. The van der Waals surface area contributed by atoms with E-state index in [4.69, 9.17) is 9.47 Å². The van der Waals surface area contributed by atoms with Gasteiger partial charge in [-0.25, -0.2) is 4.79 Å². The minimum atomic E-state index is -0.370. The Kier molecular flexibility index (Phi) is 4.28. The van der Waals surface area contributed by atoms with Crippen molar-refractivity contribution < 1.29 is 19.1 Å². The molecule has 26 heavy (non-hydrogen) atoms. The Morgan fingerprint density at radius 3 is 2.58 bits per heavy atom. The maximum absolute atomic E-state index is 13.0. The molecule has 2 heterocycles. The van der Waals surface area contributed by atoms with Crippen molar-refractivity contribution in [3.63, 3.8) is 0 Å². The van der Waals surface area contributed by atoms with E-state index in [9.17, 15) is 9.59 Å². The number of para-hydroxylation sites is 1. The number of rotatable bonds is 3. The molecule has 0 fully saturated rings. The predicted molar refractivity (Wildman–Crippen MR) is 100.0 cm³/mol. The highest BCUT2D eigenvalue weighted by Crippen LogP contribution is 2.44. The molecular weight excluding hydrogens is 398 g/mol. The van der Waals surface area contributed by atoms with Gasteiger partial charge in [0.05, 0.1) is 18.4 Å². The van der Waals surface area contributed by atoms with E-state index in [0.717, 1.165) is 15.7 Å². The van der Waals surface area contributed by atoms with Crippen molar-refractivity contribution >= 4 is 33.5 Å². The average molecular weight is 414 g/mol. The summed E-state index contributed by atoms with van der Waals surface area (Å²) in [5.41, 5.74) is 2.70. The smallest absolute Gasteiger partial charge is 0.336 e. The normalized spacial score (nSPS) is 19.5. The summed E-state index contributed by atoms with van der Waals surface area (Å²) in [6.07, 6.45) is 0.185. The predicted octanol–water partition coefficient (Wildman–Crippen LogP) is 3.79. The lowest BCUT2D eigenvalue weighted by Gasteiger charge is -2.32. The van der Waals surface area contributed by atoms with Gasteiger partial charge in [-0.1, -0.05) is 34.1 Å². The maximum atomic E-state index is 13.0. The van der Waals surface area contributed by atoms with E-state index in [1.165, 1.54) is 0 Å². The number of hydrogen-bond donors (Lipinski definition) is 0. The maximum Gasteiger partial charge on any atom is 0.336 e. The lowest BCUT2D eigenvalue weighted by Crippen LogP contribution is -2.37. The molecule has 0 spiro atoms. The Balaban J connectivity index is 1.84. The second-order valence-corrected chi connectivity index (χ2v) is 7.06. The Hall–Kier alpha value is -2.60. The molecule has 4 rings (SSSR count). The lowest BCUT2D eigenvalue weighted by molar-refractivity contribution is -0.136. The van der Waals surface area contributed by atoms with Crippen LogP contribution in [0.3, 0.4) is 0 Å². The fourth-order valence-electron chi connectivity index (χ4n) is 3.56. The number of cyclic esters (lactones) is 1. The molecule has 0 aliphatic carbocycles. The largest absolute Gasteiger partial charge is 0.496 e. The van der Waals surface area contributed by atoms with Crippen LogP contribution in [0, 0.1) is 0 Å². The molecule has 0 N–H and O–H groups in total. The van der Waals surface area contributed by atoms with Crippen LogP contribution in [0.2, 0.25) is 0 Å². The zero-order valence-electron chi connectivity index (χ0n) is 14.1. The summed E-state index contributed by atoms with van der Waals surface area (Å²) < 4.78 is 11.7. The first-order valence-corrected chi connectivity index (χ1v) is 9.01. The highest BCUT2D eigenvalue weighted by Gasteiger charge is 2.43. The standard InChI is InChI=1S/C20H16BrNO4/c1-25-17-5-3-2-4-14(17)15-10-18(23)22(13-8-6-12(21)7-9-13)16-11-26-20(24)19(15)16/h2-9,15H,10-11H2,1H3. The molecule has 6 heteroatoms. The molecule has 2 aliphatic rings. The third-order valence-electron chi connectivity index (χ3n) is 4.72. The third-order valence-corrected chi connectivity index (χ3v) is 5.25. The van der Waals surface area contributed by atoms with Crippen LogP contribution >= 0.6 is 15.9 Å². The highest BCUT2D eigenvalue weighted by atomic mass is 79.9. The van der Waals surface area contributed by atoms with E-state index >= 15 is 0 Å². The molecule has 5 nitrogen and oxygen atoms in total. The van der Waals surface area contributed by atoms with Crippen LogP contribution in [0.25, 0.3) is 0 Å². The Morgan fingerprint density at radius 1 is 1.12 bits per heavy atom. The van der Waals surface area contributed by atoms with Crippen molar-refractivity contribution in [2.75, 3.05) is 18.6 Å². The van der Waals surface area contributed by atoms with Crippen molar-refractivity contribution in [3.05, 3.63) is 69.8 Å². The molecule has 0 aromatic heterocycles. The Bertz CT molecular complexity index is 920. The number of benzene rings is 2. The van der Waals surface area contributed by atoms with Gasteiger partial charge >= 0.3 is 5.97 Å². The molecule has 1 atom stereocenters. The van der Waals surface area contributed by atoms with Crippen molar-refractivity contribution in [3.8, 4) is 5.75 Å². The van der Waals surface area contributed by atoms with Gasteiger partial charge < -0.3 is 9.47 Å². The summed E-state index contributed by atoms with van der Waals surface area (Å²) in [6, 6.07) is 14.9. The molecular formula is C20H16BrNO4. The zero-order chi connectivity index (χ0) is 18.3. The number of carbonyl (C=O) groups excluding carboxylic acids is 2. The number of ether oxygens (including phenoxy) is 2. The minimum Gasteiger partial charge on any atom is -0.496 e.